The molecule has 3 atom stereocenters. The lowest BCUT2D eigenvalue weighted by molar-refractivity contribution is -0.159. The molecule has 2 aromatic carbocycles. The number of aromatic nitrogens is 1. The lowest BCUT2D eigenvalue weighted by Gasteiger charge is -2.47. The Morgan fingerprint density at radius 3 is 2.85 bits per heavy atom. The fourth-order valence-corrected chi connectivity index (χ4v) is 5.67. The molecule has 2 amide bonds. The van der Waals surface area contributed by atoms with Gasteiger partial charge in [-0.25, -0.2) is 0 Å². The molecule has 7 heteroatoms. The number of carbonyl (C=O) groups excluding carboxylic acids is 2. The van der Waals surface area contributed by atoms with E-state index in [4.69, 9.17) is 9.47 Å². The summed E-state index contributed by atoms with van der Waals surface area (Å²) in [4.78, 5) is 34.3. The number of piperazine rings is 1. The maximum atomic E-state index is 13.7. The molecule has 2 unspecified atom stereocenters. The summed E-state index contributed by atoms with van der Waals surface area (Å²) in [5, 5.41) is 1.11. The zero-order chi connectivity index (χ0) is 22.5. The van der Waals surface area contributed by atoms with Gasteiger partial charge in [-0.1, -0.05) is 30.3 Å². The molecule has 1 aromatic heterocycles. The molecule has 0 saturated carbocycles. The van der Waals surface area contributed by atoms with Crippen LogP contribution in [0.2, 0.25) is 0 Å². The largest absolute Gasteiger partial charge is 0.497 e. The van der Waals surface area contributed by atoms with Gasteiger partial charge in [0.1, 0.15) is 11.8 Å². The van der Waals surface area contributed by atoms with E-state index in [9.17, 15) is 9.59 Å². The Hall–Kier alpha value is -3.32. The maximum absolute atomic E-state index is 13.7. The first-order valence-electron chi connectivity index (χ1n) is 11.6. The van der Waals surface area contributed by atoms with E-state index in [0.29, 0.717) is 13.0 Å². The average Bonchev–Trinajstić information content (AvgIpc) is 3.48. The van der Waals surface area contributed by atoms with Gasteiger partial charge in [0.05, 0.1) is 25.8 Å². The van der Waals surface area contributed by atoms with Crippen molar-refractivity contribution in [2.75, 3.05) is 26.8 Å². The number of amides is 2. The molecule has 4 heterocycles. The Bertz CT molecular complexity index is 1230. The number of hydrogen-bond donors (Lipinski definition) is 1. The summed E-state index contributed by atoms with van der Waals surface area (Å²) < 4.78 is 11.2. The van der Waals surface area contributed by atoms with Gasteiger partial charge in [-0.05, 0) is 42.2 Å². The highest BCUT2D eigenvalue weighted by atomic mass is 16.5. The van der Waals surface area contributed by atoms with Crippen LogP contribution in [0.1, 0.15) is 35.7 Å². The number of fused-ring (bicyclic) bond motifs is 4. The van der Waals surface area contributed by atoms with E-state index in [2.05, 4.69) is 11.1 Å². The van der Waals surface area contributed by atoms with E-state index >= 15 is 0 Å². The highest BCUT2D eigenvalue weighted by Gasteiger charge is 2.48. The van der Waals surface area contributed by atoms with Crippen molar-refractivity contribution in [3.8, 4) is 5.75 Å². The quantitative estimate of drug-likeness (QED) is 0.670. The molecule has 0 spiro atoms. The first-order chi connectivity index (χ1) is 16.1. The summed E-state index contributed by atoms with van der Waals surface area (Å²) in [6.07, 6.45) is 2.47. The van der Waals surface area contributed by atoms with Crippen molar-refractivity contribution in [1.29, 1.82) is 0 Å². The molecular formula is C26H27N3O4. The van der Waals surface area contributed by atoms with Gasteiger partial charge in [0.15, 0.2) is 0 Å². The Morgan fingerprint density at radius 1 is 1.15 bits per heavy atom. The van der Waals surface area contributed by atoms with Crippen LogP contribution < -0.4 is 4.74 Å². The minimum absolute atomic E-state index is 0.00827. The van der Waals surface area contributed by atoms with Crippen LogP contribution in [0.3, 0.4) is 0 Å². The fourth-order valence-electron chi connectivity index (χ4n) is 5.67. The minimum atomic E-state index is -0.532. The van der Waals surface area contributed by atoms with Crippen LogP contribution in [0.25, 0.3) is 10.9 Å². The summed E-state index contributed by atoms with van der Waals surface area (Å²) in [7, 11) is 1.63. The number of rotatable bonds is 4. The number of carbonyl (C=O) groups is 2. The number of hydrogen-bond acceptors (Lipinski definition) is 4. The maximum Gasteiger partial charge on any atom is 0.246 e. The monoisotopic (exact) mass is 445 g/mol. The van der Waals surface area contributed by atoms with E-state index in [-0.39, 0.29) is 30.5 Å². The first-order valence-corrected chi connectivity index (χ1v) is 11.6. The molecule has 33 heavy (non-hydrogen) atoms. The van der Waals surface area contributed by atoms with Crippen molar-refractivity contribution in [3.63, 3.8) is 0 Å². The van der Waals surface area contributed by atoms with Gasteiger partial charge in [0.25, 0.3) is 0 Å². The van der Waals surface area contributed by atoms with Crippen LogP contribution in [-0.4, -0.2) is 65.6 Å². The van der Waals surface area contributed by atoms with Gasteiger partial charge in [-0.15, -0.1) is 0 Å². The van der Waals surface area contributed by atoms with Crippen LogP contribution in [0.15, 0.2) is 48.5 Å². The van der Waals surface area contributed by atoms with Crippen molar-refractivity contribution in [3.05, 3.63) is 65.4 Å². The van der Waals surface area contributed by atoms with Crippen molar-refractivity contribution in [2.24, 2.45) is 0 Å². The summed E-state index contributed by atoms with van der Waals surface area (Å²) in [6, 6.07) is 15.0. The number of nitrogens with one attached hydrogen (secondary N) is 1. The molecule has 3 aliphatic rings. The van der Waals surface area contributed by atoms with Gasteiger partial charge >= 0.3 is 0 Å². The van der Waals surface area contributed by atoms with Crippen molar-refractivity contribution in [2.45, 2.75) is 37.5 Å². The predicted octanol–water partition coefficient (Wildman–Crippen LogP) is 3.04. The molecule has 0 aliphatic carbocycles. The topological polar surface area (TPSA) is 74.9 Å². The zero-order valence-corrected chi connectivity index (χ0v) is 18.6. The van der Waals surface area contributed by atoms with Crippen LogP contribution in [-0.2, 0) is 20.7 Å². The SMILES string of the molecule is COc1cccc(C2c3[nH]c4ccccc4c3C[C@@H]3C(=O)N(CC4CCCO4)CC(=O)N23)c1. The number of benzene rings is 2. The third-order valence-corrected chi connectivity index (χ3v) is 7.20. The van der Waals surface area contributed by atoms with Gasteiger partial charge in [0.2, 0.25) is 11.8 Å². The van der Waals surface area contributed by atoms with Crippen molar-refractivity contribution >= 4 is 22.7 Å². The molecule has 2 saturated heterocycles. The van der Waals surface area contributed by atoms with Crippen molar-refractivity contribution in [1.82, 2.24) is 14.8 Å². The van der Waals surface area contributed by atoms with Gasteiger partial charge < -0.3 is 24.3 Å². The molecule has 2 fully saturated rings. The lowest BCUT2D eigenvalue weighted by atomic mass is 9.86. The van der Waals surface area contributed by atoms with E-state index in [1.807, 2.05) is 42.5 Å². The summed E-state index contributed by atoms with van der Waals surface area (Å²) in [5.41, 5.74) is 4.04. The second-order valence-electron chi connectivity index (χ2n) is 9.12. The van der Waals surface area contributed by atoms with Crippen molar-refractivity contribution < 1.29 is 19.1 Å². The number of nitrogens with zero attached hydrogens (tertiary/aromatic N) is 2. The Morgan fingerprint density at radius 2 is 2.03 bits per heavy atom. The van der Waals surface area contributed by atoms with Crippen LogP contribution in [0.4, 0.5) is 0 Å². The third-order valence-electron chi connectivity index (χ3n) is 7.20. The molecule has 3 aromatic rings. The Balaban J connectivity index is 1.46. The molecule has 7 nitrogen and oxygen atoms in total. The van der Waals surface area contributed by atoms with Crippen LogP contribution in [0, 0.1) is 0 Å². The molecule has 6 rings (SSSR count). The molecule has 3 aliphatic heterocycles. The number of aromatic amines is 1. The highest BCUT2D eigenvalue weighted by molar-refractivity contribution is 5.97. The number of ether oxygens (including phenoxy) is 2. The summed E-state index contributed by atoms with van der Waals surface area (Å²) >= 11 is 0. The van der Waals surface area contributed by atoms with E-state index in [0.717, 1.165) is 52.9 Å². The minimum Gasteiger partial charge on any atom is -0.497 e. The molecule has 0 radical (unpaired) electrons. The van der Waals surface area contributed by atoms with Gasteiger partial charge in [-0.2, -0.15) is 0 Å². The molecular weight excluding hydrogens is 418 g/mol. The van der Waals surface area contributed by atoms with E-state index in [1.54, 1.807) is 16.9 Å². The number of para-hydroxylation sites is 1. The number of H-pyrrole nitrogens is 1. The van der Waals surface area contributed by atoms with Gasteiger partial charge in [-0.3, -0.25) is 9.59 Å². The summed E-state index contributed by atoms with van der Waals surface area (Å²) in [5.74, 6) is 0.701. The average molecular weight is 446 g/mol. The Labute approximate surface area is 192 Å². The zero-order valence-electron chi connectivity index (χ0n) is 18.6. The van der Waals surface area contributed by atoms with Crippen LogP contribution in [0.5, 0.6) is 5.75 Å². The predicted molar refractivity (Wildman–Crippen MR) is 123 cm³/mol. The first kappa shape index (κ1) is 20.3. The number of methoxy groups -OCH3 is 1. The standard InChI is InChI=1S/C26H27N3O4/c1-32-17-7-4-6-16(12-17)25-24-20(19-9-2-3-10-21(19)27-24)13-22-26(31)28(15-23(30)29(22)25)14-18-8-5-11-33-18/h2-4,6-7,9-10,12,18,22,25,27H,5,8,11,13-15H2,1H3/t18?,22-,25?/m1/s1. The van der Waals surface area contributed by atoms with E-state index < -0.39 is 6.04 Å². The Kier molecular flexibility index (Phi) is 4.87. The van der Waals surface area contributed by atoms with Crippen LogP contribution >= 0.6 is 0 Å². The molecule has 170 valence electrons. The smallest absolute Gasteiger partial charge is 0.246 e. The molecule has 1 N–H and O–H groups in total. The lowest BCUT2D eigenvalue weighted by Crippen LogP contribution is -2.63. The second kappa shape index (κ2) is 7.92. The third kappa shape index (κ3) is 3.30. The summed E-state index contributed by atoms with van der Waals surface area (Å²) in [6.45, 7) is 1.30. The molecule has 0 bridgehead atoms. The fraction of sp³-hybridized carbons (Fsp3) is 0.385. The second-order valence-corrected chi connectivity index (χ2v) is 9.12. The van der Waals surface area contributed by atoms with E-state index in [1.165, 1.54) is 0 Å². The normalized spacial score (nSPS) is 24.8. The highest BCUT2D eigenvalue weighted by Crippen LogP contribution is 2.43. The van der Waals surface area contributed by atoms with Gasteiger partial charge in [0, 0.05) is 36.2 Å².